The minimum absolute atomic E-state index is 0.319. The lowest BCUT2D eigenvalue weighted by Gasteiger charge is -2.13. The lowest BCUT2D eigenvalue weighted by atomic mass is 9.93. The molecule has 0 aromatic carbocycles. The molecule has 0 aliphatic heterocycles. The van der Waals surface area contributed by atoms with E-state index in [0.29, 0.717) is 17.9 Å². The maximum absolute atomic E-state index is 12.2. The van der Waals surface area contributed by atoms with E-state index in [9.17, 15) is 4.79 Å². The maximum Gasteiger partial charge on any atom is 0.144 e. The van der Waals surface area contributed by atoms with Crippen LogP contribution in [-0.2, 0) is 9.53 Å². The SMILES string of the molecule is C=C(N)C1(C(=O)CCCCCCCCCCCOCC2CCCC2)CC1. The number of unbranched alkanes of at least 4 members (excludes halogenated alkanes) is 8. The largest absolute Gasteiger partial charge is 0.402 e. The van der Waals surface area contributed by atoms with Gasteiger partial charge in [0.25, 0.3) is 0 Å². The normalized spacial score (nSPS) is 18.9. The Hall–Kier alpha value is -0.830. The third kappa shape index (κ3) is 7.42. The smallest absolute Gasteiger partial charge is 0.144 e. The maximum atomic E-state index is 12.2. The van der Waals surface area contributed by atoms with Crippen molar-refractivity contribution < 1.29 is 9.53 Å². The lowest BCUT2D eigenvalue weighted by molar-refractivity contribution is -0.123. The highest BCUT2D eigenvalue weighted by molar-refractivity contribution is 5.90. The molecule has 2 aliphatic rings. The third-order valence-electron chi connectivity index (χ3n) is 6.42. The minimum atomic E-state index is -0.319. The van der Waals surface area contributed by atoms with Gasteiger partial charge in [-0.1, -0.05) is 64.4 Å². The Labute approximate surface area is 161 Å². The van der Waals surface area contributed by atoms with Crippen LogP contribution >= 0.6 is 0 Å². The molecule has 0 unspecified atom stereocenters. The van der Waals surface area contributed by atoms with Gasteiger partial charge in [-0.3, -0.25) is 4.79 Å². The van der Waals surface area contributed by atoms with Gasteiger partial charge in [-0.05, 0) is 44.4 Å². The number of ether oxygens (including phenoxy) is 1. The predicted octanol–water partition coefficient (Wildman–Crippen LogP) is 5.92. The molecule has 150 valence electrons. The van der Waals surface area contributed by atoms with Crippen molar-refractivity contribution in [1.82, 2.24) is 0 Å². The number of nitrogens with two attached hydrogens (primary N) is 1. The summed E-state index contributed by atoms with van der Waals surface area (Å²) in [5.74, 6) is 1.19. The second kappa shape index (κ2) is 11.8. The molecule has 0 amide bonds. The minimum Gasteiger partial charge on any atom is -0.402 e. The first kappa shape index (κ1) is 21.5. The van der Waals surface area contributed by atoms with Gasteiger partial charge in [-0.2, -0.15) is 0 Å². The average Bonchev–Trinajstić information content (AvgIpc) is 3.29. The molecule has 0 atom stereocenters. The van der Waals surface area contributed by atoms with Crippen LogP contribution in [0.5, 0.6) is 0 Å². The number of hydrogen-bond donors (Lipinski definition) is 1. The van der Waals surface area contributed by atoms with E-state index in [2.05, 4.69) is 6.58 Å². The van der Waals surface area contributed by atoms with Crippen molar-refractivity contribution in [2.45, 2.75) is 103 Å². The van der Waals surface area contributed by atoms with Crippen LogP contribution in [0.4, 0.5) is 0 Å². The zero-order chi connectivity index (χ0) is 18.7. The van der Waals surface area contributed by atoms with E-state index in [1.807, 2.05) is 0 Å². The quantitative estimate of drug-likeness (QED) is 0.346. The zero-order valence-corrected chi connectivity index (χ0v) is 16.9. The van der Waals surface area contributed by atoms with Gasteiger partial charge in [-0.15, -0.1) is 0 Å². The summed E-state index contributed by atoms with van der Waals surface area (Å²) in [7, 11) is 0. The zero-order valence-electron chi connectivity index (χ0n) is 16.9. The van der Waals surface area contributed by atoms with Gasteiger partial charge in [0.2, 0.25) is 0 Å². The Morgan fingerprint density at radius 3 is 2.00 bits per heavy atom. The number of ketones is 1. The van der Waals surface area contributed by atoms with Gasteiger partial charge in [0.1, 0.15) is 5.78 Å². The van der Waals surface area contributed by atoms with Crippen LogP contribution < -0.4 is 5.73 Å². The van der Waals surface area contributed by atoms with Crippen molar-refractivity contribution in [3.05, 3.63) is 12.3 Å². The Kier molecular flexibility index (Phi) is 9.74. The summed E-state index contributed by atoms with van der Waals surface area (Å²) in [4.78, 5) is 12.2. The van der Waals surface area contributed by atoms with Gasteiger partial charge < -0.3 is 10.5 Å². The Morgan fingerprint density at radius 2 is 1.46 bits per heavy atom. The molecule has 0 bridgehead atoms. The molecule has 0 saturated heterocycles. The molecule has 0 aromatic heterocycles. The summed E-state index contributed by atoms with van der Waals surface area (Å²) in [6, 6.07) is 0. The number of hydrogen-bond acceptors (Lipinski definition) is 3. The van der Waals surface area contributed by atoms with Gasteiger partial charge in [0, 0.05) is 25.3 Å². The molecule has 3 heteroatoms. The average molecular weight is 364 g/mol. The summed E-state index contributed by atoms with van der Waals surface area (Å²) in [5, 5.41) is 0. The van der Waals surface area contributed by atoms with Crippen molar-refractivity contribution in [3.8, 4) is 0 Å². The van der Waals surface area contributed by atoms with Crippen molar-refractivity contribution in [2.24, 2.45) is 17.1 Å². The van der Waals surface area contributed by atoms with Crippen molar-refractivity contribution >= 4 is 5.78 Å². The first-order valence-electron chi connectivity index (χ1n) is 11.2. The molecular formula is C23H41NO2. The molecular weight excluding hydrogens is 322 g/mol. The van der Waals surface area contributed by atoms with E-state index in [4.69, 9.17) is 10.5 Å². The highest BCUT2D eigenvalue weighted by atomic mass is 16.5. The highest BCUT2D eigenvalue weighted by Gasteiger charge is 2.50. The van der Waals surface area contributed by atoms with E-state index < -0.39 is 0 Å². The van der Waals surface area contributed by atoms with Crippen molar-refractivity contribution in [1.29, 1.82) is 0 Å². The van der Waals surface area contributed by atoms with E-state index in [1.165, 1.54) is 77.0 Å². The predicted molar refractivity (Wildman–Crippen MR) is 109 cm³/mol. The van der Waals surface area contributed by atoms with Crippen molar-refractivity contribution in [2.75, 3.05) is 13.2 Å². The fourth-order valence-corrected chi connectivity index (χ4v) is 4.30. The molecule has 0 aromatic rings. The molecule has 2 fully saturated rings. The van der Waals surface area contributed by atoms with Crippen LogP contribution in [0.3, 0.4) is 0 Å². The van der Waals surface area contributed by atoms with E-state index in [0.717, 1.165) is 38.4 Å². The number of Topliss-reactive ketones (excluding diaryl/α,β-unsaturated/α-hetero) is 1. The molecule has 2 saturated carbocycles. The first-order valence-corrected chi connectivity index (χ1v) is 11.2. The van der Waals surface area contributed by atoms with Crippen LogP contribution in [0.2, 0.25) is 0 Å². The Morgan fingerprint density at radius 1 is 0.923 bits per heavy atom. The van der Waals surface area contributed by atoms with E-state index in [1.54, 1.807) is 0 Å². The van der Waals surface area contributed by atoms with E-state index >= 15 is 0 Å². The lowest BCUT2D eigenvalue weighted by Crippen LogP contribution is -2.22. The van der Waals surface area contributed by atoms with Crippen LogP contribution in [0.15, 0.2) is 12.3 Å². The standard InChI is InChI=1S/C23H41NO2/c1-20(24)23(16-17-23)22(25)15-9-7-5-3-2-4-6-8-12-18-26-19-21-13-10-11-14-21/h21H,1-19,24H2. The van der Waals surface area contributed by atoms with Gasteiger partial charge >= 0.3 is 0 Å². The summed E-state index contributed by atoms with van der Waals surface area (Å²) in [5.41, 5.74) is 6.05. The summed E-state index contributed by atoms with van der Waals surface area (Å²) in [6.07, 6.45) is 19.4. The van der Waals surface area contributed by atoms with Crippen LogP contribution in [-0.4, -0.2) is 19.0 Å². The second-order valence-corrected chi connectivity index (χ2v) is 8.69. The number of allylic oxidation sites excluding steroid dienone is 1. The van der Waals surface area contributed by atoms with Crippen LogP contribution in [0.25, 0.3) is 0 Å². The first-order chi connectivity index (χ1) is 12.6. The molecule has 2 aliphatic carbocycles. The van der Waals surface area contributed by atoms with Crippen molar-refractivity contribution in [3.63, 3.8) is 0 Å². The van der Waals surface area contributed by atoms with E-state index in [-0.39, 0.29) is 5.41 Å². The van der Waals surface area contributed by atoms with Crippen LogP contribution in [0.1, 0.15) is 103 Å². The fourth-order valence-electron chi connectivity index (χ4n) is 4.30. The monoisotopic (exact) mass is 363 g/mol. The number of carbonyl (C=O) groups excluding carboxylic acids is 1. The van der Waals surface area contributed by atoms with Gasteiger partial charge in [0.05, 0.1) is 5.41 Å². The fraction of sp³-hybridized carbons (Fsp3) is 0.870. The molecule has 2 N–H and O–H groups in total. The van der Waals surface area contributed by atoms with Gasteiger partial charge in [-0.25, -0.2) is 0 Å². The molecule has 26 heavy (non-hydrogen) atoms. The van der Waals surface area contributed by atoms with Gasteiger partial charge in [0.15, 0.2) is 0 Å². The molecule has 0 radical (unpaired) electrons. The topological polar surface area (TPSA) is 52.3 Å². The summed E-state index contributed by atoms with van der Waals surface area (Å²) >= 11 is 0. The second-order valence-electron chi connectivity index (χ2n) is 8.69. The van der Waals surface area contributed by atoms with Crippen LogP contribution in [0, 0.1) is 11.3 Å². The Balaban J connectivity index is 1.29. The Bertz CT molecular complexity index is 422. The number of rotatable bonds is 16. The molecule has 2 rings (SSSR count). The molecule has 0 spiro atoms. The summed E-state index contributed by atoms with van der Waals surface area (Å²) < 4.78 is 5.81. The summed E-state index contributed by atoms with van der Waals surface area (Å²) in [6.45, 7) is 5.75. The number of carbonyl (C=O) groups is 1. The highest BCUT2D eigenvalue weighted by Crippen LogP contribution is 2.51. The third-order valence-corrected chi connectivity index (χ3v) is 6.42. The molecule has 3 nitrogen and oxygen atoms in total. The molecule has 0 heterocycles.